The minimum atomic E-state index is -0.764. The summed E-state index contributed by atoms with van der Waals surface area (Å²) in [6.45, 7) is -0.0165. The van der Waals surface area contributed by atoms with Gasteiger partial charge in [0.15, 0.2) is 6.61 Å². The predicted molar refractivity (Wildman–Crippen MR) is 104 cm³/mol. The summed E-state index contributed by atoms with van der Waals surface area (Å²) in [4.78, 5) is 49.9. The molecule has 3 amide bonds. The van der Waals surface area contributed by atoms with E-state index in [2.05, 4.69) is 5.32 Å². The number of amides is 3. The first-order chi connectivity index (χ1) is 14.0. The summed E-state index contributed by atoms with van der Waals surface area (Å²) < 4.78 is 10.1. The van der Waals surface area contributed by atoms with Crippen molar-refractivity contribution >= 4 is 29.4 Å². The van der Waals surface area contributed by atoms with Gasteiger partial charge >= 0.3 is 5.97 Å². The maximum Gasteiger partial charge on any atom is 0.338 e. The van der Waals surface area contributed by atoms with Gasteiger partial charge in [-0.25, -0.2) is 4.79 Å². The van der Waals surface area contributed by atoms with E-state index in [-0.39, 0.29) is 17.0 Å². The molecule has 2 aromatic rings. The number of hydrogen-bond acceptors (Lipinski definition) is 6. The summed E-state index contributed by atoms with van der Waals surface area (Å²) in [6.07, 6.45) is 1.25. The predicted octanol–water partition coefficient (Wildman–Crippen LogP) is 1.94. The number of esters is 1. The Hall–Kier alpha value is -3.68. The Bertz CT molecular complexity index is 956. The van der Waals surface area contributed by atoms with Crippen molar-refractivity contribution in [3.05, 3.63) is 59.7 Å². The summed E-state index contributed by atoms with van der Waals surface area (Å²) >= 11 is 0. The summed E-state index contributed by atoms with van der Waals surface area (Å²) in [5.41, 5.74) is 1.02. The van der Waals surface area contributed by atoms with Crippen LogP contribution in [0.5, 0.6) is 5.75 Å². The molecule has 0 aliphatic carbocycles. The third kappa shape index (κ3) is 4.78. The third-order valence-corrected chi connectivity index (χ3v) is 4.41. The van der Waals surface area contributed by atoms with E-state index in [0.29, 0.717) is 24.4 Å². The minimum absolute atomic E-state index is 0.00440. The molecule has 29 heavy (non-hydrogen) atoms. The highest BCUT2D eigenvalue weighted by molar-refractivity contribution is 6.07. The molecule has 150 valence electrons. The summed E-state index contributed by atoms with van der Waals surface area (Å²) in [5, 5.41) is 2.15. The average molecular weight is 396 g/mol. The molecule has 0 unspecified atom stereocenters. The number of anilines is 1. The van der Waals surface area contributed by atoms with Crippen LogP contribution >= 0.6 is 0 Å². The molecule has 0 bridgehead atoms. The number of methoxy groups -OCH3 is 1. The quantitative estimate of drug-likeness (QED) is 0.749. The Morgan fingerprint density at radius 2 is 1.90 bits per heavy atom. The normalized spacial score (nSPS) is 13.1. The molecule has 8 heteroatoms. The lowest BCUT2D eigenvalue weighted by Gasteiger charge is -2.16. The maximum absolute atomic E-state index is 12.2. The minimum Gasteiger partial charge on any atom is -0.496 e. The number of nitrogens with one attached hydrogen (secondary N) is 1. The molecule has 1 heterocycles. The molecule has 1 saturated heterocycles. The van der Waals surface area contributed by atoms with Crippen LogP contribution < -0.4 is 15.0 Å². The van der Waals surface area contributed by atoms with Crippen LogP contribution in [0.25, 0.3) is 0 Å². The molecular weight excluding hydrogens is 376 g/mol. The van der Waals surface area contributed by atoms with Gasteiger partial charge in [0, 0.05) is 18.7 Å². The zero-order chi connectivity index (χ0) is 20.8. The van der Waals surface area contributed by atoms with Crippen LogP contribution in [0.1, 0.15) is 33.6 Å². The zero-order valence-corrected chi connectivity index (χ0v) is 15.8. The van der Waals surface area contributed by atoms with Crippen LogP contribution in [0.4, 0.5) is 5.69 Å². The second-order valence-corrected chi connectivity index (χ2v) is 6.35. The molecule has 0 saturated carbocycles. The fraction of sp³-hybridized carbons (Fsp3) is 0.238. The number of para-hydroxylation sites is 1. The van der Waals surface area contributed by atoms with E-state index in [1.54, 1.807) is 41.3 Å². The number of ether oxygens (including phenoxy) is 2. The standard InChI is InChI=1S/C21H20N2O6/c1-28-17-9-3-2-8-16(17)20(26)22-18(24)13-29-21(27)14-6-4-7-15(12-14)23-11-5-10-19(23)25/h2-4,6-9,12H,5,10-11,13H2,1H3,(H,22,24,26). The number of hydrogen-bond donors (Lipinski definition) is 1. The summed E-state index contributed by atoms with van der Waals surface area (Å²) in [6, 6.07) is 12.9. The van der Waals surface area contributed by atoms with Crippen molar-refractivity contribution in [3.8, 4) is 5.75 Å². The van der Waals surface area contributed by atoms with Gasteiger partial charge in [0.25, 0.3) is 11.8 Å². The highest BCUT2D eigenvalue weighted by Crippen LogP contribution is 2.22. The van der Waals surface area contributed by atoms with Crippen LogP contribution in [-0.4, -0.2) is 44.0 Å². The molecular formula is C21H20N2O6. The number of carbonyl (C=O) groups is 4. The lowest BCUT2D eigenvalue weighted by Crippen LogP contribution is -2.34. The molecule has 0 aromatic heterocycles. The van der Waals surface area contributed by atoms with E-state index in [0.717, 1.165) is 6.42 Å². The van der Waals surface area contributed by atoms with E-state index in [9.17, 15) is 19.2 Å². The second kappa shape index (κ2) is 9.01. The first kappa shape index (κ1) is 20.1. The van der Waals surface area contributed by atoms with Crippen molar-refractivity contribution in [2.24, 2.45) is 0 Å². The molecule has 0 atom stereocenters. The highest BCUT2D eigenvalue weighted by Gasteiger charge is 2.23. The van der Waals surface area contributed by atoms with Crippen LogP contribution in [0.2, 0.25) is 0 Å². The Kier molecular flexibility index (Phi) is 6.23. The molecule has 8 nitrogen and oxygen atoms in total. The van der Waals surface area contributed by atoms with Gasteiger partial charge in [0.1, 0.15) is 5.75 Å². The summed E-state index contributed by atoms with van der Waals surface area (Å²) in [5.74, 6) is -1.82. The lowest BCUT2D eigenvalue weighted by atomic mass is 10.2. The van der Waals surface area contributed by atoms with Crippen LogP contribution in [-0.2, 0) is 14.3 Å². The van der Waals surface area contributed by atoms with Crippen molar-refractivity contribution < 1.29 is 28.7 Å². The number of imide groups is 1. The molecule has 0 radical (unpaired) electrons. The van der Waals surface area contributed by atoms with E-state index >= 15 is 0 Å². The molecule has 3 rings (SSSR count). The smallest absolute Gasteiger partial charge is 0.338 e. The number of rotatable bonds is 6. The molecule has 1 N–H and O–H groups in total. The number of nitrogens with zero attached hydrogens (tertiary/aromatic N) is 1. The number of carbonyl (C=O) groups excluding carboxylic acids is 4. The lowest BCUT2D eigenvalue weighted by molar-refractivity contribution is -0.123. The fourth-order valence-corrected chi connectivity index (χ4v) is 3.00. The van der Waals surface area contributed by atoms with Gasteiger partial charge in [-0.1, -0.05) is 18.2 Å². The van der Waals surface area contributed by atoms with Crippen molar-refractivity contribution in [2.45, 2.75) is 12.8 Å². The molecule has 1 aliphatic rings. The van der Waals surface area contributed by atoms with Crippen LogP contribution in [0, 0.1) is 0 Å². The van der Waals surface area contributed by atoms with Crippen LogP contribution in [0.15, 0.2) is 48.5 Å². The van der Waals surface area contributed by atoms with Gasteiger partial charge in [0.2, 0.25) is 5.91 Å². The highest BCUT2D eigenvalue weighted by atomic mass is 16.5. The first-order valence-electron chi connectivity index (χ1n) is 9.04. The molecule has 1 fully saturated rings. The van der Waals surface area contributed by atoms with Crippen molar-refractivity contribution in [1.29, 1.82) is 0 Å². The fourth-order valence-electron chi connectivity index (χ4n) is 3.00. The number of benzene rings is 2. The Balaban J connectivity index is 1.57. The Labute approximate surface area is 167 Å². The van der Waals surface area contributed by atoms with E-state index in [1.165, 1.54) is 19.2 Å². The average Bonchev–Trinajstić information content (AvgIpc) is 3.17. The molecule has 2 aromatic carbocycles. The third-order valence-electron chi connectivity index (χ3n) is 4.41. The van der Waals surface area contributed by atoms with Gasteiger partial charge < -0.3 is 14.4 Å². The van der Waals surface area contributed by atoms with Gasteiger partial charge in [-0.3, -0.25) is 19.7 Å². The summed E-state index contributed by atoms with van der Waals surface area (Å²) in [7, 11) is 1.42. The van der Waals surface area contributed by atoms with Gasteiger partial charge in [-0.2, -0.15) is 0 Å². The topological polar surface area (TPSA) is 102 Å². The van der Waals surface area contributed by atoms with Crippen molar-refractivity contribution in [3.63, 3.8) is 0 Å². The SMILES string of the molecule is COc1ccccc1C(=O)NC(=O)COC(=O)c1cccc(N2CCCC2=O)c1. The maximum atomic E-state index is 12.2. The van der Waals surface area contributed by atoms with E-state index in [4.69, 9.17) is 9.47 Å². The van der Waals surface area contributed by atoms with Crippen LogP contribution in [0.3, 0.4) is 0 Å². The Morgan fingerprint density at radius 3 is 2.62 bits per heavy atom. The molecule has 1 aliphatic heterocycles. The van der Waals surface area contributed by atoms with Gasteiger partial charge in [0.05, 0.1) is 18.2 Å². The van der Waals surface area contributed by atoms with Gasteiger partial charge in [-0.15, -0.1) is 0 Å². The first-order valence-corrected chi connectivity index (χ1v) is 9.04. The van der Waals surface area contributed by atoms with Gasteiger partial charge in [-0.05, 0) is 36.8 Å². The Morgan fingerprint density at radius 1 is 1.10 bits per heavy atom. The second-order valence-electron chi connectivity index (χ2n) is 6.35. The molecule has 0 spiro atoms. The van der Waals surface area contributed by atoms with E-state index < -0.39 is 24.4 Å². The largest absolute Gasteiger partial charge is 0.496 e. The van der Waals surface area contributed by atoms with E-state index in [1.807, 2.05) is 0 Å². The zero-order valence-electron chi connectivity index (χ0n) is 15.8. The van der Waals surface area contributed by atoms with Crippen molar-refractivity contribution in [2.75, 3.05) is 25.2 Å². The monoisotopic (exact) mass is 396 g/mol. The van der Waals surface area contributed by atoms with Crippen molar-refractivity contribution in [1.82, 2.24) is 5.32 Å².